The molecule has 0 radical (unpaired) electrons. The van der Waals surface area contributed by atoms with E-state index in [2.05, 4.69) is 13.8 Å². The van der Waals surface area contributed by atoms with Gasteiger partial charge in [0.05, 0.1) is 0 Å². The monoisotopic (exact) mass is 407 g/mol. The molecule has 3 fully saturated rings. The van der Waals surface area contributed by atoms with E-state index in [4.69, 9.17) is 5.73 Å². The third kappa shape index (κ3) is 2.78. The van der Waals surface area contributed by atoms with Gasteiger partial charge in [0.1, 0.15) is 5.78 Å². The first-order valence-electron chi connectivity index (χ1n) is 10.9. The Kier molecular flexibility index (Phi) is 4.36. The largest absolute Gasteiger partial charge is 0.399 e. The van der Waals surface area contributed by atoms with Crippen LogP contribution >= 0.6 is 11.8 Å². The fourth-order valence-corrected chi connectivity index (χ4v) is 8.05. The summed E-state index contributed by atoms with van der Waals surface area (Å²) in [4.78, 5) is 27.5. The number of anilines is 1. The summed E-state index contributed by atoms with van der Waals surface area (Å²) >= 11 is 1.72. The number of rotatable bonds is 2. The van der Waals surface area contributed by atoms with Gasteiger partial charge in [-0.2, -0.15) is 0 Å². The highest BCUT2D eigenvalue weighted by atomic mass is 32.2. The summed E-state index contributed by atoms with van der Waals surface area (Å²) in [6.45, 7) is 4.58. The van der Waals surface area contributed by atoms with Gasteiger partial charge in [0.25, 0.3) is 0 Å². The second kappa shape index (κ2) is 6.60. The molecule has 3 saturated carbocycles. The van der Waals surface area contributed by atoms with Gasteiger partial charge in [-0.15, -0.1) is 0 Å². The summed E-state index contributed by atoms with van der Waals surface area (Å²) in [5, 5.41) is 0. The van der Waals surface area contributed by atoms with Gasteiger partial charge in [-0.3, -0.25) is 9.59 Å². The molecule has 0 amide bonds. The molecule has 1 aromatic rings. The van der Waals surface area contributed by atoms with Crippen molar-refractivity contribution in [3.8, 4) is 0 Å². The Morgan fingerprint density at radius 3 is 2.48 bits per heavy atom. The summed E-state index contributed by atoms with van der Waals surface area (Å²) in [5.41, 5.74) is 7.70. The highest BCUT2D eigenvalue weighted by molar-refractivity contribution is 8.03. The molecule has 1 aromatic carbocycles. The van der Waals surface area contributed by atoms with E-state index in [1.54, 1.807) is 11.8 Å². The number of benzene rings is 1. The average molecular weight is 408 g/mol. The van der Waals surface area contributed by atoms with Crippen LogP contribution in [0, 0.1) is 28.6 Å². The van der Waals surface area contributed by atoms with Crippen LogP contribution in [0.5, 0.6) is 0 Å². The fraction of sp³-hybridized carbons (Fsp3) is 0.520. The molecule has 0 bridgehead atoms. The van der Waals surface area contributed by atoms with Gasteiger partial charge in [-0.1, -0.05) is 31.2 Å². The maximum atomic E-state index is 12.7. The van der Waals surface area contributed by atoms with Crippen LogP contribution in [0.3, 0.4) is 0 Å². The van der Waals surface area contributed by atoms with Crippen molar-refractivity contribution in [2.24, 2.45) is 28.6 Å². The predicted octanol–water partition coefficient (Wildman–Crippen LogP) is 5.57. The number of ketones is 2. The van der Waals surface area contributed by atoms with Crippen molar-refractivity contribution < 1.29 is 9.59 Å². The Labute approximate surface area is 177 Å². The van der Waals surface area contributed by atoms with E-state index in [-0.39, 0.29) is 16.6 Å². The molecule has 5 rings (SSSR count). The van der Waals surface area contributed by atoms with Crippen molar-refractivity contribution in [3.63, 3.8) is 0 Å². The van der Waals surface area contributed by atoms with E-state index < -0.39 is 0 Å². The molecule has 0 unspecified atom stereocenters. The third-order valence-electron chi connectivity index (χ3n) is 8.51. The molecule has 4 aliphatic carbocycles. The highest BCUT2D eigenvalue weighted by Gasteiger charge is 2.59. The Bertz CT molecular complexity index is 946. The van der Waals surface area contributed by atoms with Crippen LogP contribution in [-0.2, 0) is 9.59 Å². The van der Waals surface area contributed by atoms with Crippen molar-refractivity contribution in [2.75, 3.05) is 5.73 Å². The highest BCUT2D eigenvalue weighted by Crippen LogP contribution is 2.66. The van der Waals surface area contributed by atoms with Crippen molar-refractivity contribution >= 4 is 29.0 Å². The second-order valence-corrected chi connectivity index (χ2v) is 10.9. The maximum Gasteiger partial charge on any atom is 0.179 e. The summed E-state index contributed by atoms with van der Waals surface area (Å²) in [7, 11) is 0. The number of Topliss-reactive ketones (excluding diaryl/α,β-unsaturated/α-hetero) is 1. The number of fused-ring (bicyclic) bond motifs is 5. The zero-order valence-corrected chi connectivity index (χ0v) is 18.1. The average Bonchev–Trinajstić information content (AvgIpc) is 2.99. The van der Waals surface area contributed by atoms with E-state index >= 15 is 0 Å². The van der Waals surface area contributed by atoms with Gasteiger partial charge in [0.2, 0.25) is 0 Å². The summed E-state index contributed by atoms with van der Waals surface area (Å²) < 4.78 is 0. The molecule has 152 valence electrons. The van der Waals surface area contributed by atoms with Crippen LogP contribution in [0.25, 0.3) is 0 Å². The molecule has 0 heterocycles. The summed E-state index contributed by atoms with van der Waals surface area (Å²) in [6, 6.07) is 7.93. The molecule has 0 saturated heterocycles. The number of thioether (sulfide) groups is 1. The van der Waals surface area contributed by atoms with E-state index in [1.807, 2.05) is 36.4 Å². The minimum atomic E-state index is -0.114. The molecule has 2 N–H and O–H groups in total. The lowest BCUT2D eigenvalue weighted by molar-refractivity contribution is -0.131. The minimum absolute atomic E-state index is 0.101. The number of hydrogen-bond acceptors (Lipinski definition) is 4. The molecule has 29 heavy (non-hydrogen) atoms. The van der Waals surface area contributed by atoms with Crippen LogP contribution in [0.15, 0.2) is 51.8 Å². The standard InChI is InChI=1S/C25H29NO2S/c1-24-12-11-21-19(20(24)9-10-22(24)28)8-3-15-13-17(27)14-23(25(15,21)2)29-18-6-4-16(26)5-7-18/h4-7,13-14,19-21H,3,8-12,26H2,1-2H3/t19-,20-,21-,24-,25-/m0/s1. The summed E-state index contributed by atoms with van der Waals surface area (Å²) in [5.74, 6) is 2.19. The minimum Gasteiger partial charge on any atom is -0.399 e. The van der Waals surface area contributed by atoms with Crippen LogP contribution in [-0.4, -0.2) is 11.6 Å². The Hall–Kier alpha value is -1.81. The van der Waals surface area contributed by atoms with Gasteiger partial charge in [0, 0.05) is 32.7 Å². The lowest BCUT2D eigenvalue weighted by Crippen LogP contribution is -2.50. The molecule has 5 atom stereocenters. The van der Waals surface area contributed by atoms with Crippen LogP contribution in [0.4, 0.5) is 5.69 Å². The molecule has 3 nitrogen and oxygen atoms in total. The predicted molar refractivity (Wildman–Crippen MR) is 117 cm³/mol. The van der Waals surface area contributed by atoms with Gasteiger partial charge < -0.3 is 5.73 Å². The first-order valence-corrected chi connectivity index (χ1v) is 11.7. The normalized spacial score (nSPS) is 38.6. The van der Waals surface area contributed by atoms with Gasteiger partial charge in [-0.05, 0) is 86.3 Å². The van der Waals surface area contributed by atoms with Crippen LogP contribution in [0.2, 0.25) is 0 Å². The molecule has 4 heteroatoms. The van der Waals surface area contributed by atoms with E-state index in [9.17, 15) is 9.59 Å². The molecular formula is C25H29NO2S. The van der Waals surface area contributed by atoms with E-state index in [1.165, 1.54) is 10.5 Å². The quantitative estimate of drug-likeness (QED) is 0.652. The number of nitrogen functional groups attached to an aromatic ring is 1. The number of carbonyl (C=O) groups is 2. The van der Waals surface area contributed by atoms with Crippen LogP contribution in [0.1, 0.15) is 52.4 Å². The van der Waals surface area contributed by atoms with Crippen molar-refractivity contribution in [2.45, 2.75) is 57.3 Å². The third-order valence-corrected chi connectivity index (χ3v) is 9.78. The summed E-state index contributed by atoms with van der Waals surface area (Å²) in [6.07, 6.45) is 9.73. The Morgan fingerprint density at radius 2 is 1.72 bits per heavy atom. The second-order valence-electron chi connectivity index (χ2n) is 9.79. The molecular weight excluding hydrogens is 378 g/mol. The number of carbonyl (C=O) groups excluding carboxylic acids is 2. The Balaban J connectivity index is 1.52. The number of allylic oxidation sites excluding steroid dienone is 4. The maximum absolute atomic E-state index is 12.7. The Morgan fingerprint density at radius 1 is 0.966 bits per heavy atom. The molecule has 0 spiro atoms. The molecule has 4 aliphatic rings. The zero-order chi connectivity index (χ0) is 20.4. The van der Waals surface area contributed by atoms with Gasteiger partial charge in [-0.25, -0.2) is 0 Å². The fourth-order valence-electron chi connectivity index (χ4n) is 6.85. The number of nitrogens with two attached hydrogens (primary N) is 1. The SMILES string of the molecule is C[C@@]12C(=CC(=O)C=C1Sc1ccc(N)cc1)CC[C@@H]1[C@@H]2CC[C@]2(C)C(=O)CC[C@@H]12. The van der Waals surface area contributed by atoms with Gasteiger partial charge >= 0.3 is 0 Å². The number of hydrogen-bond donors (Lipinski definition) is 1. The topological polar surface area (TPSA) is 60.2 Å². The van der Waals surface area contributed by atoms with Crippen molar-refractivity contribution in [3.05, 3.63) is 46.9 Å². The van der Waals surface area contributed by atoms with E-state index in [0.717, 1.165) is 49.1 Å². The zero-order valence-electron chi connectivity index (χ0n) is 17.2. The van der Waals surface area contributed by atoms with Crippen LogP contribution < -0.4 is 5.73 Å². The first-order chi connectivity index (χ1) is 13.8. The smallest absolute Gasteiger partial charge is 0.179 e. The molecule has 0 aromatic heterocycles. The lowest BCUT2D eigenvalue weighted by atomic mass is 9.48. The molecule has 0 aliphatic heterocycles. The first kappa shape index (κ1) is 19.2. The van der Waals surface area contributed by atoms with Crippen molar-refractivity contribution in [1.82, 2.24) is 0 Å². The van der Waals surface area contributed by atoms with Crippen molar-refractivity contribution in [1.29, 1.82) is 0 Å². The lowest BCUT2D eigenvalue weighted by Gasteiger charge is -2.57. The van der Waals surface area contributed by atoms with E-state index in [0.29, 0.717) is 23.5 Å². The van der Waals surface area contributed by atoms with Gasteiger partial charge in [0.15, 0.2) is 5.78 Å².